The highest BCUT2D eigenvalue weighted by Crippen LogP contribution is 2.34. The molecule has 0 unspecified atom stereocenters. The highest BCUT2D eigenvalue weighted by Gasteiger charge is 2.38. The van der Waals surface area contributed by atoms with Crippen molar-refractivity contribution in [3.05, 3.63) is 47.8 Å². The van der Waals surface area contributed by atoms with Crippen LogP contribution in [0.3, 0.4) is 0 Å². The van der Waals surface area contributed by atoms with E-state index in [0.29, 0.717) is 19.0 Å². The second kappa shape index (κ2) is 7.11. The number of carbonyl (C=O) groups excluding carboxylic acids is 1. The zero-order chi connectivity index (χ0) is 18.1. The summed E-state index contributed by atoms with van der Waals surface area (Å²) in [4.78, 5) is 15.4. The lowest BCUT2D eigenvalue weighted by Gasteiger charge is -2.28. The highest BCUT2D eigenvalue weighted by atomic mass is 16.3. The third-order valence-electron chi connectivity index (χ3n) is 5.46. The average Bonchev–Trinajstić information content (AvgIpc) is 3.12. The third-order valence-corrected chi connectivity index (χ3v) is 5.46. The first-order chi connectivity index (χ1) is 12.6. The second-order valence-corrected chi connectivity index (χ2v) is 7.65. The number of hydrogen-bond acceptors (Lipinski definition) is 4. The van der Waals surface area contributed by atoms with Gasteiger partial charge in [0.25, 0.3) is 0 Å². The number of hydrogen-bond donors (Lipinski definition) is 2. The molecule has 0 bridgehead atoms. The van der Waals surface area contributed by atoms with E-state index in [0.717, 1.165) is 24.2 Å². The van der Waals surface area contributed by atoms with E-state index in [4.69, 9.17) is 0 Å². The van der Waals surface area contributed by atoms with Crippen molar-refractivity contribution in [1.29, 1.82) is 0 Å². The molecule has 2 aliphatic rings. The molecule has 2 heterocycles. The van der Waals surface area contributed by atoms with Gasteiger partial charge < -0.3 is 15.3 Å². The van der Waals surface area contributed by atoms with Crippen LogP contribution in [0.15, 0.2) is 36.7 Å². The van der Waals surface area contributed by atoms with Crippen LogP contribution in [-0.2, 0) is 18.4 Å². The number of aryl methyl sites for hydroxylation is 1. The summed E-state index contributed by atoms with van der Waals surface area (Å²) >= 11 is 0. The first-order valence-electron chi connectivity index (χ1n) is 9.36. The molecule has 2 aromatic rings. The minimum Gasteiger partial charge on any atom is -0.508 e. The Labute approximate surface area is 153 Å². The van der Waals surface area contributed by atoms with E-state index in [1.165, 1.54) is 12.8 Å². The van der Waals surface area contributed by atoms with Crippen LogP contribution < -0.4 is 5.32 Å². The normalized spacial score (nSPS) is 22.5. The summed E-state index contributed by atoms with van der Waals surface area (Å²) in [5.74, 6) is 1.19. The van der Waals surface area contributed by atoms with Crippen molar-refractivity contribution in [2.45, 2.75) is 25.3 Å². The van der Waals surface area contributed by atoms with Crippen LogP contribution in [0, 0.1) is 11.8 Å². The van der Waals surface area contributed by atoms with E-state index in [1.54, 1.807) is 16.8 Å². The number of carbonyl (C=O) groups is 1. The molecule has 1 aromatic heterocycles. The van der Waals surface area contributed by atoms with Gasteiger partial charge in [0.2, 0.25) is 5.91 Å². The van der Waals surface area contributed by atoms with Crippen molar-refractivity contribution in [2.75, 3.05) is 19.6 Å². The molecule has 1 aliphatic carbocycles. The lowest BCUT2D eigenvalue weighted by atomic mass is 9.89. The van der Waals surface area contributed by atoms with E-state index in [1.807, 2.05) is 36.5 Å². The molecule has 2 atom stereocenters. The molecule has 138 valence electrons. The number of aromatic nitrogens is 2. The van der Waals surface area contributed by atoms with E-state index >= 15 is 0 Å². The molecule has 1 aromatic carbocycles. The van der Waals surface area contributed by atoms with Crippen LogP contribution in [0.25, 0.3) is 0 Å². The van der Waals surface area contributed by atoms with Crippen LogP contribution in [0.5, 0.6) is 5.75 Å². The molecule has 4 rings (SSSR count). The number of phenols is 1. The first kappa shape index (κ1) is 17.1. The molecule has 6 nitrogen and oxygen atoms in total. The molecule has 2 N–H and O–H groups in total. The monoisotopic (exact) mass is 354 g/mol. The summed E-state index contributed by atoms with van der Waals surface area (Å²) in [7, 11) is 1.91. The van der Waals surface area contributed by atoms with E-state index in [-0.39, 0.29) is 23.5 Å². The van der Waals surface area contributed by atoms with Gasteiger partial charge >= 0.3 is 0 Å². The summed E-state index contributed by atoms with van der Waals surface area (Å²) in [5.41, 5.74) is 2.10. The summed E-state index contributed by atoms with van der Waals surface area (Å²) < 4.78 is 1.80. The van der Waals surface area contributed by atoms with Crippen LogP contribution >= 0.6 is 0 Å². The fraction of sp³-hybridized carbons (Fsp3) is 0.500. The molecule has 0 radical (unpaired) electrons. The van der Waals surface area contributed by atoms with Crippen LogP contribution in [0.2, 0.25) is 0 Å². The van der Waals surface area contributed by atoms with Gasteiger partial charge in [-0.3, -0.25) is 9.48 Å². The number of phenolic OH excluding ortho intramolecular Hbond substituents is 1. The van der Waals surface area contributed by atoms with Crippen LogP contribution in [0.1, 0.15) is 29.9 Å². The number of aromatic hydroxyl groups is 1. The maximum absolute atomic E-state index is 13.4. The Morgan fingerprint density at radius 3 is 2.92 bits per heavy atom. The van der Waals surface area contributed by atoms with Gasteiger partial charge in [-0.1, -0.05) is 12.1 Å². The van der Waals surface area contributed by atoms with Crippen LogP contribution in [-0.4, -0.2) is 45.3 Å². The largest absolute Gasteiger partial charge is 0.508 e. The molecule has 1 amide bonds. The number of rotatable bonds is 6. The quantitative estimate of drug-likeness (QED) is 0.831. The molecule has 1 aliphatic heterocycles. The van der Waals surface area contributed by atoms with E-state index < -0.39 is 0 Å². The van der Waals surface area contributed by atoms with Gasteiger partial charge in [-0.05, 0) is 42.0 Å². The molecule has 6 heteroatoms. The molecular weight excluding hydrogens is 328 g/mol. The third kappa shape index (κ3) is 3.75. The van der Waals surface area contributed by atoms with E-state index in [9.17, 15) is 9.90 Å². The first-order valence-corrected chi connectivity index (χ1v) is 9.36. The molecule has 2 fully saturated rings. The molecule has 1 saturated heterocycles. The predicted octanol–water partition coefficient (Wildman–Crippen LogP) is 1.87. The molecule has 26 heavy (non-hydrogen) atoms. The smallest absolute Gasteiger partial charge is 0.227 e. The molecule has 1 saturated carbocycles. The Bertz CT molecular complexity index is 784. The summed E-state index contributed by atoms with van der Waals surface area (Å²) in [6.45, 7) is 2.88. The topological polar surface area (TPSA) is 70.4 Å². The number of nitrogens with zero attached hydrogens (tertiary/aromatic N) is 3. The molecule has 0 spiro atoms. The minimum absolute atomic E-state index is 0.0599. The van der Waals surface area contributed by atoms with Crippen molar-refractivity contribution in [3.8, 4) is 5.75 Å². The van der Waals surface area contributed by atoms with Crippen molar-refractivity contribution in [3.63, 3.8) is 0 Å². The fourth-order valence-corrected chi connectivity index (χ4v) is 3.87. The Morgan fingerprint density at radius 1 is 1.38 bits per heavy atom. The number of benzene rings is 1. The highest BCUT2D eigenvalue weighted by molar-refractivity contribution is 5.80. The van der Waals surface area contributed by atoms with Gasteiger partial charge in [-0.25, -0.2) is 0 Å². The van der Waals surface area contributed by atoms with Gasteiger partial charge in [0.1, 0.15) is 5.75 Å². The Morgan fingerprint density at radius 2 is 2.23 bits per heavy atom. The van der Waals surface area contributed by atoms with Crippen LogP contribution in [0.4, 0.5) is 0 Å². The van der Waals surface area contributed by atoms with Crippen molar-refractivity contribution < 1.29 is 9.90 Å². The Balaban J connectivity index is 1.53. The Kier molecular flexibility index (Phi) is 4.68. The lowest BCUT2D eigenvalue weighted by Crippen LogP contribution is -2.39. The van der Waals surface area contributed by atoms with Gasteiger partial charge in [0.15, 0.2) is 0 Å². The number of amides is 1. The van der Waals surface area contributed by atoms with E-state index in [2.05, 4.69) is 10.4 Å². The standard InChI is InChI=1S/C20H26N4O2/c1-23-13-16(8-22-23)18-9-21-10-19(18)20(26)24(11-14-5-6-14)12-15-3-2-4-17(25)7-15/h2-4,7-8,13-14,18-19,21,25H,5-6,9-12H2,1H3/t18-,19+/m1/s1. The average molecular weight is 354 g/mol. The van der Waals surface area contributed by atoms with Crippen molar-refractivity contribution in [2.24, 2.45) is 18.9 Å². The van der Waals surface area contributed by atoms with Gasteiger partial charge in [-0.2, -0.15) is 5.10 Å². The van der Waals surface area contributed by atoms with Crippen molar-refractivity contribution >= 4 is 5.91 Å². The Hall–Kier alpha value is -2.34. The minimum atomic E-state index is -0.0599. The maximum atomic E-state index is 13.4. The summed E-state index contributed by atoms with van der Waals surface area (Å²) in [6.07, 6.45) is 6.30. The summed E-state index contributed by atoms with van der Waals surface area (Å²) in [6, 6.07) is 7.22. The predicted molar refractivity (Wildman–Crippen MR) is 98.6 cm³/mol. The van der Waals surface area contributed by atoms with Crippen molar-refractivity contribution in [1.82, 2.24) is 20.0 Å². The SMILES string of the molecule is Cn1cc([C@H]2CNC[C@@H]2C(=O)N(Cc2cccc(O)c2)CC2CC2)cn1. The zero-order valence-electron chi connectivity index (χ0n) is 15.1. The fourth-order valence-electron chi connectivity index (χ4n) is 3.87. The second-order valence-electron chi connectivity index (χ2n) is 7.65. The lowest BCUT2D eigenvalue weighted by molar-refractivity contribution is -0.136. The van der Waals surface area contributed by atoms with Gasteiger partial charge in [0, 0.05) is 45.3 Å². The molecular formula is C20H26N4O2. The zero-order valence-corrected chi connectivity index (χ0v) is 15.1. The number of nitrogens with one attached hydrogen (secondary N) is 1. The summed E-state index contributed by atoms with van der Waals surface area (Å²) in [5, 5.41) is 17.4. The van der Waals surface area contributed by atoms with Gasteiger partial charge in [0.05, 0.1) is 12.1 Å². The maximum Gasteiger partial charge on any atom is 0.227 e. The van der Waals surface area contributed by atoms with Gasteiger partial charge in [-0.15, -0.1) is 0 Å².